The number of Topliss-reactive ketones (excluding diaryl/α,β-unsaturated/α-hetero) is 1. The maximum atomic E-state index is 11.4. The van der Waals surface area contributed by atoms with Crippen molar-refractivity contribution in [2.45, 2.75) is 38.5 Å². The monoisotopic (exact) mass is 626 g/mol. The van der Waals surface area contributed by atoms with Crippen LogP contribution in [0.15, 0.2) is 0 Å². The van der Waals surface area contributed by atoms with Gasteiger partial charge in [-0.25, -0.2) is 4.79 Å². The Labute approximate surface area is 251 Å². The van der Waals surface area contributed by atoms with E-state index in [1.54, 1.807) is 0 Å². The number of ketones is 1. The van der Waals surface area contributed by atoms with Crippen LogP contribution in [0.5, 0.6) is 0 Å². The molecule has 0 saturated carbocycles. The van der Waals surface area contributed by atoms with E-state index in [0.717, 1.165) is 0 Å². The maximum absolute atomic E-state index is 11.4. The molecule has 43 heavy (non-hydrogen) atoms. The highest BCUT2D eigenvalue weighted by Crippen LogP contribution is 2.01. The summed E-state index contributed by atoms with van der Waals surface area (Å²) in [6, 6.07) is 0. The van der Waals surface area contributed by atoms with Crippen molar-refractivity contribution in [1.29, 1.82) is 0 Å². The fourth-order valence-electron chi connectivity index (χ4n) is 2.86. The quantitative estimate of drug-likeness (QED) is 0.0569. The van der Waals surface area contributed by atoms with Gasteiger partial charge in [0.25, 0.3) is 0 Å². The summed E-state index contributed by atoms with van der Waals surface area (Å²) in [7, 11) is 0. The third kappa shape index (κ3) is 32.0. The van der Waals surface area contributed by atoms with Crippen LogP contribution in [0.3, 0.4) is 0 Å². The SMILES string of the molecule is O=C(O)CCCCC(=O)OCCOCCOCCOCCOCCOCCOCCOCCOC(=O)CCC(=O)C(=O)O. The molecule has 0 amide bonds. The molecule has 0 radical (unpaired) electrons. The molecule has 0 spiro atoms. The molecule has 0 heterocycles. The Morgan fingerprint density at radius 2 is 0.674 bits per heavy atom. The van der Waals surface area contributed by atoms with Crippen molar-refractivity contribution in [2.75, 3.05) is 106 Å². The van der Waals surface area contributed by atoms with Crippen molar-refractivity contribution in [1.82, 2.24) is 0 Å². The van der Waals surface area contributed by atoms with Gasteiger partial charge in [0, 0.05) is 19.3 Å². The summed E-state index contributed by atoms with van der Waals surface area (Å²) in [5, 5.41) is 17.0. The van der Waals surface area contributed by atoms with E-state index < -0.39 is 30.1 Å². The predicted molar refractivity (Wildman–Crippen MR) is 146 cm³/mol. The first-order chi connectivity index (χ1) is 20.8. The molecule has 16 heteroatoms. The molecule has 0 unspecified atom stereocenters. The van der Waals surface area contributed by atoms with E-state index in [0.29, 0.717) is 92.1 Å². The van der Waals surface area contributed by atoms with E-state index >= 15 is 0 Å². The first kappa shape index (κ1) is 40.3. The van der Waals surface area contributed by atoms with Gasteiger partial charge in [-0.3, -0.25) is 19.2 Å². The molecular formula is C27H46O16. The standard InChI is InChI=1S/C27H46O16/c28-23(27(33)34)5-6-26(32)43-22-20-41-18-16-39-14-12-37-10-8-35-7-9-36-11-13-38-15-17-40-19-21-42-25(31)4-2-1-3-24(29)30/h1-22H2,(H,29,30)(H,33,34). The molecule has 0 aromatic rings. The van der Waals surface area contributed by atoms with E-state index in [1.165, 1.54) is 0 Å². The van der Waals surface area contributed by atoms with Crippen molar-refractivity contribution in [2.24, 2.45) is 0 Å². The zero-order chi connectivity index (χ0) is 31.8. The van der Waals surface area contributed by atoms with E-state index in [9.17, 15) is 24.0 Å². The molecule has 0 rings (SSSR count). The van der Waals surface area contributed by atoms with Crippen LogP contribution < -0.4 is 0 Å². The van der Waals surface area contributed by atoms with Crippen LogP contribution in [-0.4, -0.2) is 146 Å². The number of carboxylic acids is 2. The van der Waals surface area contributed by atoms with E-state index in [4.69, 9.17) is 52.8 Å². The second-order valence-corrected chi connectivity index (χ2v) is 8.56. The number of carboxylic acid groups (broad SMARTS) is 2. The minimum absolute atomic E-state index is 0.00278. The van der Waals surface area contributed by atoms with Crippen molar-refractivity contribution in [3.63, 3.8) is 0 Å². The summed E-state index contributed by atoms with van der Waals surface area (Å²) in [6.07, 6.45) is 0.503. The van der Waals surface area contributed by atoms with Gasteiger partial charge in [-0.05, 0) is 12.8 Å². The molecule has 0 fully saturated rings. The van der Waals surface area contributed by atoms with Crippen LogP contribution in [0, 0.1) is 0 Å². The van der Waals surface area contributed by atoms with Crippen LogP contribution in [-0.2, 0) is 66.6 Å². The molecule has 0 aliphatic heterocycles. The Morgan fingerprint density at radius 1 is 0.372 bits per heavy atom. The topological polar surface area (TPSA) is 209 Å². The maximum Gasteiger partial charge on any atom is 0.372 e. The molecule has 0 atom stereocenters. The van der Waals surface area contributed by atoms with Gasteiger partial charge in [0.1, 0.15) is 13.2 Å². The third-order valence-corrected chi connectivity index (χ3v) is 5.03. The minimum atomic E-state index is -1.57. The lowest BCUT2D eigenvalue weighted by Crippen LogP contribution is -2.17. The number of aliphatic carboxylic acids is 2. The number of rotatable bonds is 33. The van der Waals surface area contributed by atoms with Crippen molar-refractivity contribution >= 4 is 29.7 Å². The number of hydrogen-bond donors (Lipinski definition) is 2. The molecule has 0 bridgehead atoms. The first-order valence-electron chi connectivity index (χ1n) is 14.2. The Morgan fingerprint density at radius 3 is 1.00 bits per heavy atom. The molecule has 16 nitrogen and oxygen atoms in total. The van der Waals surface area contributed by atoms with Crippen molar-refractivity contribution < 1.29 is 76.8 Å². The Kier molecular flexibility index (Phi) is 28.8. The zero-order valence-electron chi connectivity index (χ0n) is 24.7. The molecule has 0 aliphatic rings. The number of carbonyl (C=O) groups excluding carboxylic acids is 3. The van der Waals surface area contributed by atoms with Crippen LogP contribution in [0.1, 0.15) is 38.5 Å². The zero-order valence-corrected chi connectivity index (χ0v) is 24.7. The molecule has 250 valence electrons. The summed E-state index contributed by atoms with van der Waals surface area (Å²) in [6.45, 7) is 5.26. The minimum Gasteiger partial charge on any atom is -0.481 e. The largest absolute Gasteiger partial charge is 0.481 e. The average molecular weight is 627 g/mol. The lowest BCUT2D eigenvalue weighted by molar-refractivity contribution is -0.151. The van der Waals surface area contributed by atoms with Gasteiger partial charge in [-0.1, -0.05) is 0 Å². The molecule has 0 saturated heterocycles. The number of carbonyl (C=O) groups is 5. The summed E-state index contributed by atoms with van der Waals surface area (Å²) < 4.78 is 47.2. The van der Waals surface area contributed by atoms with Crippen molar-refractivity contribution in [3.05, 3.63) is 0 Å². The van der Waals surface area contributed by atoms with Crippen LogP contribution in [0.4, 0.5) is 0 Å². The van der Waals surface area contributed by atoms with Gasteiger partial charge in [0.2, 0.25) is 5.78 Å². The van der Waals surface area contributed by atoms with Gasteiger partial charge in [-0.2, -0.15) is 0 Å². The van der Waals surface area contributed by atoms with Crippen molar-refractivity contribution in [3.8, 4) is 0 Å². The van der Waals surface area contributed by atoms with E-state index in [-0.39, 0.29) is 51.7 Å². The summed E-state index contributed by atoms with van der Waals surface area (Å²) >= 11 is 0. The molecule has 2 N–H and O–H groups in total. The van der Waals surface area contributed by atoms with Crippen LogP contribution in [0.2, 0.25) is 0 Å². The Hall–Kier alpha value is -2.73. The van der Waals surface area contributed by atoms with Gasteiger partial charge < -0.3 is 52.8 Å². The fraction of sp³-hybridized carbons (Fsp3) is 0.815. The van der Waals surface area contributed by atoms with E-state index in [1.807, 2.05) is 0 Å². The predicted octanol–water partition coefficient (Wildman–Crippen LogP) is 0.268. The van der Waals surface area contributed by atoms with Gasteiger partial charge in [0.15, 0.2) is 0 Å². The Balaban J connectivity index is 3.19. The van der Waals surface area contributed by atoms with Gasteiger partial charge in [0.05, 0.1) is 98.9 Å². The van der Waals surface area contributed by atoms with E-state index in [2.05, 4.69) is 0 Å². The number of hydrogen-bond acceptors (Lipinski definition) is 14. The highest BCUT2D eigenvalue weighted by Gasteiger charge is 2.14. The highest BCUT2D eigenvalue weighted by atomic mass is 16.6. The molecule has 0 aromatic heterocycles. The lowest BCUT2D eigenvalue weighted by atomic mass is 10.2. The Bertz CT molecular complexity index is 744. The number of esters is 2. The highest BCUT2D eigenvalue weighted by molar-refractivity contribution is 6.32. The number of ether oxygens (including phenoxy) is 9. The smallest absolute Gasteiger partial charge is 0.372 e. The fourth-order valence-corrected chi connectivity index (χ4v) is 2.86. The van der Waals surface area contributed by atoms with Gasteiger partial charge in [-0.15, -0.1) is 0 Å². The molecule has 0 aliphatic carbocycles. The summed E-state index contributed by atoms with van der Waals surface area (Å²) in [5.74, 6) is -4.50. The van der Waals surface area contributed by atoms with Gasteiger partial charge >= 0.3 is 23.9 Å². The number of unbranched alkanes of at least 4 members (excludes halogenated alkanes) is 1. The normalized spacial score (nSPS) is 10.9. The van der Waals surface area contributed by atoms with Crippen LogP contribution >= 0.6 is 0 Å². The lowest BCUT2D eigenvalue weighted by Gasteiger charge is -2.09. The molecule has 0 aromatic carbocycles. The summed E-state index contributed by atoms with van der Waals surface area (Å²) in [5.41, 5.74) is 0. The second-order valence-electron chi connectivity index (χ2n) is 8.56. The summed E-state index contributed by atoms with van der Waals surface area (Å²) in [4.78, 5) is 54.4. The second kappa shape index (κ2) is 30.7. The average Bonchev–Trinajstić information content (AvgIpc) is 2.97. The first-order valence-corrected chi connectivity index (χ1v) is 14.2. The van der Waals surface area contributed by atoms with Crippen LogP contribution in [0.25, 0.3) is 0 Å². The third-order valence-electron chi connectivity index (χ3n) is 5.03. The molecular weight excluding hydrogens is 580 g/mol.